The van der Waals surface area contributed by atoms with Crippen molar-refractivity contribution in [1.82, 2.24) is 9.97 Å². The van der Waals surface area contributed by atoms with E-state index in [9.17, 15) is 14.9 Å². The molecule has 6 aromatic rings. The number of hydrogen-bond donors (Lipinski definition) is 4. The summed E-state index contributed by atoms with van der Waals surface area (Å²) in [5.41, 5.74) is 12.3. The van der Waals surface area contributed by atoms with Crippen LogP contribution in [0, 0.1) is 24.0 Å². The van der Waals surface area contributed by atoms with Crippen LogP contribution in [0.15, 0.2) is 109 Å². The summed E-state index contributed by atoms with van der Waals surface area (Å²) in [7, 11) is 0. The largest absolute Gasteiger partial charge is 0.478 e. The van der Waals surface area contributed by atoms with Gasteiger partial charge in [-0.3, -0.25) is 10.1 Å². The van der Waals surface area contributed by atoms with Crippen molar-refractivity contribution in [3.8, 4) is 0 Å². The van der Waals surface area contributed by atoms with E-state index in [1.807, 2.05) is 80.6 Å². The molecule has 0 unspecified atom stereocenters. The number of nitrogens with two attached hydrogens (primary N) is 1. The number of hydrogen-bond acceptors (Lipinski definition) is 10. The van der Waals surface area contributed by atoms with Crippen LogP contribution in [0.1, 0.15) is 43.7 Å². The molecule has 272 valence electrons. The van der Waals surface area contributed by atoms with Gasteiger partial charge in [-0.05, 0) is 90.7 Å². The zero-order valence-electron chi connectivity index (χ0n) is 28.4. The van der Waals surface area contributed by atoms with Crippen LogP contribution < -0.4 is 16.4 Å². The summed E-state index contributed by atoms with van der Waals surface area (Å²) >= 11 is 29.9. The Morgan fingerprint density at radius 1 is 0.704 bits per heavy atom. The average Bonchev–Trinajstić information content (AvgIpc) is 3.11. The van der Waals surface area contributed by atoms with Gasteiger partial charge in [0.1, 0.15) is 16.8 Å². The molecule has 0 aliphatic heterocycles. The van der Waals surface area contributed by atoms with Crippen molar-refractivity contribution >= 4 is 109 Å². The van der Waals surface area contributed by atoms with Gasteiger partial charge in [-0.25, -0.2) is 14.8 Å². The molecule has 15 heteroatoms. The molecule has 0 aliphatic carbocycles. The molecule has 0 saturated heterocycles. The SMILES string of the molecule is Cc1ccccc1C(=S)c1ccc(Nc2cc(C(=O)O)cc(Cl)n2)cc1Cl.Cc1ccccc1C(=S)c1ccc(Nc2ccc([N+](=O)[O-])c(N)n2)cc1Cl. The number of nitro groups is 1. The molecule has 0 spiro atoms. The second-order valence-corrected chi connectivity index (χ2v) is 13.7. The number of carboxylic acid groups (broad SMARTS) is 1. The molecule has 0 atom stereocenters. The van der Waals surface area contributed by atoms with E-state index in [2.05, 4.69) is 20.6 Å². The minimum Gasteiger partial charge on any atom is -0.478 e. The standard InChI is InChI=1S/C20H14Cl2N2O2S.C19H15ClN4O2S/c1-11-4-2-3-5-14(11)19(27)15-7-6-13(10-16(15)21)23-18-9-12(20(25)26)8-17(22)24-18;1-11-4-2-3-5-13(11)18(27)14-7-6-12(10-15(14)20)22-17-9-8-16(24(25)26)19(21)23-17/h2-10H,1H3,(H,23,24)(H,25,26);2-10H,1H3,(H3,21,22,23). The van der Waals surface area contributed by atoms with Crippen LogP contribution in [0.4, 0.5) is 34.5 Å². The van der Waals surface area contributed by atoms with E-state index >= 15 is 0 Å². The van der Waals surface area contributed by atoms with Crippen LogP contribution >= 0.6 is 59.2 Å². The van der Waals surface area contributed by atoms with E-state index in [1.165, 1.54) is 24.3 Å². The highest BCUT2D eigenvalue weighted by Crippen LogP contribution is 2.30. The number of rotatable bonds is 10. The number of aromatic nitrogens is 2. The Kier molecular flexibility index (Phi) is 12.9. The molecule has 0 aliphatic rings. The van der Waals surface area contributed by atoms with Crippen LogP contribution in [0.3, 0.4) is 0 Å². The Balaban J connectivity index is 0.000000208. The third kappa shape index (κ3) is 9.72. The van der Waals surface area contributed by atoms with Gasteiger partial charge in [-0.15, -0.1) is 0 Å². The van der Waals surface area contributed by atoms with Crippen LogP contribution in [0.5, 0.6) is 0 Å². The van der Waals surface area contributed by atoms with Crippen LogP contribution in [0.25, 0.3) is 0 Å². The second kappa shape index (κ2) is 17.5. The van der Waals surface area contributed by atoms with Crippen molar-refractivity contribution < 1.29 is 14.8 Å². The summed E-state index contributed by atoms with van der Waals surface area (Å²) in [6, 6.07) is 31.9. The van der Waals surface area contributed by atoms with Gasteiger partial charge in [0.25, 0.3) is 0 Å². The fourth-order valence-electron chi connectivity index (χ4n) is 5.17. The lowest BCUT2D eigenvalue weighted by molar-refractivity contribution is -0.384. The van der Waals surface area contributed by atoms with E-state index in [1.54, 1.807) is 18.2 Å². The fraction of sp³-hybridized carbons (Fsp3) is 0.0513. The molecule has 4 aromatic carbocycles. The molecule has 0 bridgehead atoms. The van der Waals surface area contributed by atoms with Crippen molar-refractivity contribution in [2.45, 2.75) is 13.8 Å². The lowest BCUT2D eigenvalue weighted by atomic mass is 10.00. The topological polar surface area (TPSA) is 156 Å². The number of thiocarbonyl (C=S) groups is 2. The monoisotopic (exact) mass is 814 g/mol. The average molecular weight is 816 g/mol. The molecular formula is C39H29Cl3N6O4S2. The molecular weight excluding hydrogens is 787 g/mol. The number of aromatic carboxylic acids is 1. The summed E-state index contributed by atoms with van der Waals surface area (Å²) in [6.45, 7) is 3.99. The zero-order chi connectivity index (χ0) is 39.1. The van der Waals surface area contributed by atoms with Gasteiger partial charge in [0, 0.05) is 28.6 Å². The molecule has 6 rings (SSSR count). The van der Waals surface area contributed by atoms with Crippen molar-refractivity contribution in [3.63, 3.8) is 0 Å². The zero-order valence-corrected chi connectivity index (χ0v) is 32.3. The van der Waals surface area contributed by atoms with Gasteiger partial charge in [-0.1, -0.05) is 108 Å². The second-order valence-electron chi connectivity index (χ2n) is 11.7. The minimum absolute atomic E-state index is 0.0425. The van der Waals surface area contributed by atoms with Crippen LogP contribution in [-0.2, 0) is 0 Å². The van der Waals surface area contributed by atoms with Crippen LogP contribution in [0.2, 0.25) is 15.2 Å². The van der Waals surface area contributed by atoms with Gasteiger partial charge >= 0.3 is 11.7 Å². The highest BCUT2D eigenvalue weighted by Gasteiger charge is 2.16. The molecule has 10 nitrogen and oxygen atoms in total. The predicted octanol–water partition coefficient (Wildman–Crippen LogP) is 10.9. The number of nitrogens with one attached hydrogen (secondary N) is 2. The third-order valence-corrected chi connectivity index (χ3v) is 9.59. The Hall–Kier alpha value is -5.50. The molecule has 54 heavy (non-hydrogen) atoms. The molecule has 5 N–H and O–H groups in total. The number of nitrogen functional groups attached to an aromatic ring is 1. The van der Waals surface area contributed by atoms with Crippen molar-refractivity contribution in [2.24, 2.45) is 0 Å². The Bertz CT molecular complexity index is 2450. The van der Waals surface area contributed by atoms with E-state index < -0.39 is 10.9 Å². The quantitative estimate of drug-likeness (QED) is 0.0343. The molecule has 0 radical (unpaired) electrons. The maximum absolute atomic E-state index is 11.1. The van der Waals surface area contributed by atoms with Gasteiger partial charge in [0.2, 0.25) is 5.82 Å². The highest BCUT2D eigenvalue weighted by atomic mass is 35.5. The van der Waals surface area contributed by atoms with Crippen molar-refractivity contribution in [3.05, 3.63) is 173 Å². The lowest BCUT2D eigenvalue weighted by Crippen LogP contribution is -2.04. The molecule has 0 amide bonds. The van der Waals surface area contributed by atoms with E-state index in [0.29, 0.717) is 42.8 Å². The van der Waals surface area contributed by atoms with Crippen molar-refractivity contribution in [1.29, 1.82) is 0 Å². The van der Waals surface area contributed by atoms with E-state index in [0.717, 1.165) is 33.4 Å². The van der Waals surface area contributed by atoms with Gasteiger partial charge in [-0.2, -0.15) is 0 Å². The molecule has 2 heterocycles. The van der Waals surface area contributed by atoms with E-state index in [4.69, 9.17) is 70.1 Å². The maximum atomic E-state index is 11.1. The van der Waals surface area contributed by atoms with E-state index in [-0.39, 0.29) is 22.2 Å². The predicted molar refractivity (Wildman–Crippen MR) is 225 cm³/mol. The molecule has 0 fully saturated rings. The smallest absolute Gasteiger partial charge is 0.335 e. The first-order valence-electron chi connectivity index (χ1n) is 15.9. The first-order chi connectivity index (χ1) is 25.7. The number of pyridine rings is 2. The van der Waals surface area contributed by atoms with Crippen LogP contribution in [-0.4, -0.2) is 35.7 Å². The molecule has 0 saturated carbocycles. The number of aryl methyl sites for hydroxylation is 2. The Labute approximate surface area is 336 Å². The van der Waals surface area contributed by atoms with Gasteiger partial charge < -0.3 is 21.5 Å². The summed E-state index contributed by atoms with van der Waals surface area (Å²) in [5.74, 6) is -0.554. The summed E-state index contributed by atoms with van der Waals surface area (Å²) in [5, 5.41) is 27.0. The highest BCUT2D eigenvalue weighted by molar-refractivity contribution is 7.81. The van der Waals surface area contributed by atoms with Gasteiger partial charge in [0.05, 0.1) is 30.3 Å². The molecule has 2 aromatic heterocycles. The third-order valence-electron chi connectivity index (χ3n) is 7.89. The fourth-order valence-corrected chi connectivity index (χ4v) is 6.86. The number of carbonyl (C=O) groups is 1. The first-order valence-corrected chi connectivity index (χ1v) is 17.8. The summed E-state index contributed by atoms with van der Waals surface area (Å²) < 4.78 is 0. The maximum Gasteiger partial charge on any atom is 0.335 e. The van der Waals surface area contributed by atoms with Crippen molar-refractivity contribution in [2.75, 3.05) is 16.4 Å². The first kappa shape index (κ1) is 39.7. The minimum atomic E-state index is -1.08. The summed E-state index contributed by atoms with van der Waals surface area (Å²) in [6.07, 6.45) is 0. The summed E-state index contributed by atoms with van der Waals surface area (Å²) in [4.78, 5) is 30.8. The Morgan fingerprint density at radius 2 is 1.20 bits per heavy atom. The number of nitrogens with zero attached hydrogens (tertiary/aromatic N) is 3. The number of anilines is 5. The number of carboxylic acids is 1. The van der Waals surface area contributed by atoms with Gasteiger partial charge in [0.15, 0.2) is 0 Å². The number of halogens is 3. The lowest BCUT2D eigenvalue weighted by Gasteiger charge is -2.12. The Morgan fingerprint density at radius 3 is 1.65 bits per heavy atom. The normalized spacial score (nSPS) is 10.5. The number of benzene rings is 4.